The van der Waals surface area contributed by atoms with Crippen LogP contribution in [0, 0.1) is 0 Å². The van der Waals surface area contributed by atoms with E-state index in [0.29, 0.717) is 12.1 Å². The van der Waals surface area contributed by atoms with Crippen LogP contribution in [0.15, 0.2) is 47.9 Å². The van der Waals surface area contributed by atoms with Gasteiger partial charge in [-0.25, -0.2) is 4.79 Å². The van der Waals surface area contributed by atoms with E-state index in [-0.39, 0.29) is 5.48 Å². The van der Waals surface area contributed by atoms with Crippen molar-refractivity contribution in [1.29, 1.82) is 0 Å². The highest BCUT2D eigenvalue weighted by atomic mass is 16.4. The molecule has 0 amide bonds. The molecule has 2 aliphatic heterocycles. The summed E-state index contributed by atoms with van der Waals surface area (Å²) in [4.78, 5) is 12.6. The average Bonchev–Trinajstić information content (AvgIpc) is 2.17. The standard InChI is InChI=1S/C10H9NO2.H2O/c12-10(13)8-4-5-9-3-1-2-6-11(9)7-8;/h1-6H,7H2,(H,12,13);1H2. The molecular weight excluding hydrogens is 182 g/mol. The van der Waals surface area contributed by atoms with Gasteiger partial charge in [0.15, 0.2) is 0 Å². The Labute approximate surface area is 81.4 Å². The van der Waals surface area contributed by atoms with Crippen LogP contribution in [0.1, 0.15) is 0 Å². The van der Waals surface area contributed by atoms with Crippen LogP contribution in [0.4, 0.5) is 0 Å². The average molecular weight is 193 g/mol. The van der Waals surface area contributed by atoms with E-state index in [1.54, 1.807) is 6.08 Å². The van der Waals surface area contributed by atoms with Gasteiger partial charge < -0.3 is 15.5 Å². The minimum Gasteiger partial charge on any atom is -0.478 e. The number of hydrogen-bond donors (Lipinski definition) is 1. The maximum absolute atomic E-state index is 10.7. The van der Waals surface area contributed by atoms with E-state index in [1.165, 1.54) is 0 Å². The number of aliphatic carboxylic acids is 1. The minimum atomic E-state index is -0.849. The molecule has 2 aliphatic rings. The Morgan fingerprint density at radius 1 is 1.36 bits per heavy atom. The van der Waals surface area contributed by atoms with Crippen LogP contribution >= 0.6 is 0 Å². The van der Waals surface area contributed by atoms with E-state index in [4.69, 9.17) is 5.11 Å². The van der Waals surface area contributed by atoms with Crippen molar-refractivity contribution in [3.8, 4) is 0 Å². The summed E-state index contributed by atoms with van der Waals surface area (Å²) < 4.78 is 0. The van der Waals surface area contributed by atoms with Crippen LogP contribution in [-0.4, -0.2) is 28.0 Å². The molecule has 0 aromatic heterocycles. The van der Waals surface area contributed by atoms with Crippen molar-refractivity contribution in [2.75, 3.05) is 6.54 Å². The number of carboxylic acids is 1. The van der Waals surface area contributed by atoms with Crippen molar-refractivity contribution in [3.63, 3.8) is 0 Å². The molecule has 0 radical (unpaired) electrons. The van der Waals surface area contributed by atoms with Crippen molar-refractivity contribution in [3.05, 3.63) is 47.9 Å². The van der Waals surface area contributed by atoms with E-state index in [2.05, 4.69) is 0 Å². The quantitative estimate of drug-likeness (QED) is 0.657. The van der Waals surface area contributed by atoms with Gasteiger partial charge in [-0.15, -0.1) is 0 Å². The topological polar surface area (TPSA) is 72.0 Å². The second-order valence-electron chi connectivity index (χ2n) is 2.92. The summed E-state index contributed by atoms with van der Waals surface area (Å²) in [5, 5.41) is 8.76. The number of allylic oxidation sites excluding steroid dienone is 5. The zero-order chi connectivity index (χ0) is 9.26. The molecule has 0 aliphatic carbocycles. The Morgan fingerprint density at radius 2 is 2.14 bits per heavy atom. The van der Waals surface area contributed by atoms with Crippen LogP contribution in [0.25, 0.3) is 0 Å². The van der Waals surface area contributed by atoms with Gasteiger partial charge in [-0.2, -0.15) is 0 Å². The lowest BCUT2D eigenvalue weighted by Gasteiger charge is -2.26. The van der Waals surface area contributed by atoms with Gasteiger partial charge in [-0.1, -0.05) is 6.08 Å². The maximum Gasteiger partial charge on any atom is 0.333 e. The van der Waals surface area contributed by atoms with E-state index in [9.17, 15) is 4.79 Å². The highest BCUT2D eigenvalue weighted by Gasteiger charge is 2.16. The first-order valence-corrected chi connectivity index (χ1v) is 4.03. The molecule has 74 valence electrons. The molecule has 3 N–H and O–H groups in total. The third-order valence-electron chi connectivity index (χ3n) is 2.05. The lowest BCUT2D eigenvalue weighted by Crippen LogP contribution is -2.25. The van der Waals surface area contributed by atoms with Crippen LogP contribution < -0.4 is 0 Å². The third kappa shape index (κ3) is 1.75. The van der Waals surface area contributed by atoms with Gasteiger partial charge >= 0.3 is 5.97 Å². The SMILES string of the molecule is O.O=C(O)C1=CC=C2C=CC=CN2C1. The Morgan fingerprint density at radius 3 is 2.86 bits per heavy atom. The molecule has 0 saturated heterocycles. The van der Waals surface area contributed by atoms with E-state index in [0.717, 1.165) is 5.70 Å². The normalized spacial score (nSPS) is 17.9. The van der Waals surface area contributed by atoms with Crippen LogP contribution in [0.3, 0.4) is 0 Å². The predicted molar refractivity (Wildman–Crippen MR) is 52.4 cm³/mol. The molecule has 0 spiro atoms. The maximum atomic E-state index is 10.7. The molecule has 0 saturated carbocycles. The fraction of sp³-hybridized carbons (Fsp3) is 0.100. The number of rotatable bonds is 1. The summed E-state index contributed by atoms with van der Waals surface area (Å²) in [6.07, 6.45) is 11.1. The van der Waals surface area contributed by atoms with Gasteiger partial charge in [0.1, 0.15) is 0 Å². The molecule has 0 fully saturated rings. The Hall–Kier alpha value is -1.81. The number of carboxylic acid groups (broad SMARTS) is 1. The molecule has 2 heterocycles. The monoisotopic (exact) mass is 193 g/mol. The molecule has 0 aromatic rings. The Kier molecular flexibility index (Phi) is 2.89. The zero-order valence-electron chi connectivity index (χ0n) is 7.47. The number of nitrogens with zero attached hydrogens (tertiary/aromatic N) is 1. The van der Waals surface area contributed by atoms with Gasteiger partial charge in [0, 0.05) is 11.9 Å². The highest BCUT2D eigenvalue weighted by Crippen LogP contribution is 2.19. The third-order valence-corrected chi connectivity index (χ3v) is 2.05. The Balaban J connectivity index is 0.000000980. The first-order valence-electron chi connectivity index (χ1n) is 4.03. The zero-order valence-corrected chi connectivity index (χ0v) is 7.47. The van der Waals surface area contributed by atoms with Crippen molar-refractivity contribution in [2.45, 2.75) is 0 Å². The van der Waals surface area contributed by atoms with Gasteiger partial charge in [0.2, 0.25) is 0 Å². The highest BCUT2D eigenvalue weighted by molar-refractivity contribution is 5.88. The summed E-state index contributed by atoms with van der Waals surface area (Å²) in [6.45, 7) is 0.446. The molecule has 4 heteroatoms. The van der Waals surface area contributed by atoms with Crippen molar-refractivity contribution in [2.24, 2.45) is 0 Å². The fourth-order valence-corrected chi connectivity index (χ4v) is 1.35. The second kappa shape index (κ2) is 3.93. The van der Waals surface area contributed by atoms with Crippen LogP contribution in [-0.2, 0) is 4.79 Å². The summed E-state index contributed by atoms with van der Waals surface area (Å²) >= 11 is 0. The van der Waals surface area contributed by atoms with Crippen molar-refractivity contribution in [1.82, 2.24) is 4.90 Å². The predicted octanol–water partition coefficient (Wildman–Crippen LogP) is 0.456. The number of fused-ring (bicyclic) bond motifs is 1. The fourth-order valence-electron chi connectivity index (χ4n) is 1.35. The number of carbonyl (C=O) groups is 1. The summed E-state index contributed by atoms with van der Waals surface area (Å²) in [6, 6.07) is 0. The first-order chi connectivity index (χ1) is 6.27. The molecular formula is C10H11NO3. The minimum absolute atomic E-state index is 0. The summed E-state index contributed by atoms with van der Waals surface area (Å²) in [5.41, 5.74) is 1.45. The molecule has 0 atom stereocenters. The van der Waals surface area contributed by atoms with E-state index >= 15 is 0 Å². The van der Waals surface area contributed by atoms with Gasteiger partial charge in [-0.05, 0) is 24.3 Å². The number of hydrogen-bond acceptors (Lipinski definition) is 2. The largest absolute Gasteiger partial charge is 0.478 e. The lowest BCUT2D eigenvalue weighted by molar-refractivity contribution is -0.132. The molecule has 14 heavy (non-hydrogen) atoms. The summed E-state index contributed by atoms with van der Waals surface area (Å²) in [7, 11) is 0. The van der Waals surface area contributed by atoms with E-state index in [1.807, 2.05) is 35.4 Å². The first kappa shape index (κ1) is 10.3. The molecule has 0 unspecified atom stereocenters. The smallest absolute Gasteiger partial charge is 0.333 e. The van der Waals surface area contributed by atoms with Crippen molar-refractivity contribution < 1.29 is 15.4 Å². The molecule has 2 rings (SSSR count). The Bertz CT molecular complexity index is 364. The summed E-state index contributed by atoms with van der Waals surface area (Å²) in [5.74, 6) is -0.849. The van der Waals surface area contributed by atoms with Crippen LogP contribution in [0.5, 0.6) is 0 Å². The van der Waals surface area contributed by atoms with Gasteiger partial charge in [0.05, 0.1) is 12.1 Å². The van der Waals surface area contributed by atoms with Crippen molar-refractivity contribution >= 4 is 5.97 Å². The molecule has 4 nitrogen and oxygen atoms in total. The molecule has 0 bridgehead atoms. The second-order valence-corrected chi connectivity index (χ2v) is 2.92. The molecule has 0 aromatic carbocycles. The van der Waals surface area contributed by atoms with E-state index < -0.39 is 5.97 Å². The van der Waals surface area contributed by atoms with Crippen LogP contribution in [0.2, 0.25) is 0 Å². The van der Waals surface area contributed by atoms with Gasteiger partial charge in [-0.3, -0.25) is 0 Å². The lowest BCUT2D eigenvalue weighted by atomic mass is 10.1. The van der Waals surface area contributed by atoms with Gasteiger partial charge in [0.25, 0.3) is 0 Å².